The molecule has 0 aliphatic rings. The SMILES string of the molecule is CCc1nn(C)c(CC(NN)C(OC)C(C)C)c1Cl. The van der Waals surface area contributed by atoms with E-state index in [-0.39, 0.29) is 12.1 Å². The maximum Gasteiger partial charge on any atom is 0.0850 e. The molecule has 1 heterocycles. The lowest BCUT2D eigenvalue weighted by molar-refractivity contribution is 0.0327. The van der Waals surface area contributed by atoms with Crippen molar-refractivity contribution in [1.82, 2.24) is 15.2 Å². The van der Waals surface area contributed by atoms with Gasteiger partial charge >= 0.3 is 0 Å². The molecule has 0 aliphatic carbocycles. The van der Waals surface area contributed by atoms with Gasteiger partial charge in [0.2, 0.25) is 0 Å². The summed E-state index contributed by atoms with van der Waals surface area (Å²) in [5.41, 5.74) is 4.75. The summed E-state index contributed by atoms with van der Waals surface area (Å²) in [6.07, 6.45) is 1.54. The minimum absolute atomic E-state index is 0.00241. The molecule has 6 heteroatoms. The lowest BCUT2D eigenvalue weighted by Gasteiger charge is -2.28. The van der Waals surface area contributed by atoms with E-state index in [0.717, 1.165) is 22.8 Å². The molecule has 0 saturated carbocycles. The minimum atomic E-state index is 0.00241. The highest BCUT2D eigenvalue weighted by Gasteiger charge is 2.26. The molecule has 1 aromatic rings. The average molecular weight is 289 g/mol. The Hall–Kier alpha value is -0.620. The maximum absolute atomic E-state index is 6.37. The van der Waals surface area contributed by atoms with Gasteiger partial charge in [0, 0.05) is 20.6 Å². The van der Waals surface area contributed by atoms with E-state index in [2.05, 4.69) is 24.4 Å². The number of nitrogens with one attached hydrogen (secondary N) is 1. The van der Waals surface area contributed by atoms with Crippen molar-refractivity contribution in [3.8, 4) is 0 Å². The summed E-state index contributed by atoms with van der Waals surface area (Å²) in [6, 6.07) is 0.00241. The second kappa shape index (κ2) is 7.24. The Labute approximate surface area is 120 Å². The summed E-state index contributed by atoms with van der Waals surface area (Å²) >= 11 is 6.37. The van der Waals surface area contributed by atoms with E-state index in [1.54, 1.807) is 7.11 Å². The lowest BCUT2D eigenvalue weighted by Crippen LogP contribution is -2.48. The van der Waals surface area contributed by atoms with Crippen molar-refractivity contribution in [3.63, 3.8) is 0 Å². The van der Waals surface area contributed by atoms with Crippen molar-refractivity contribution in [3.05, 3.63) is 16.4 Å². The van der Waals surface area contributed by atoms with Gasteiger partial charge in [-0.15, -0.1) is 0 Å². The molecule has 110 valence electrons. The van der Waals surface area contributed by atoms with E-state index in [1.165, 1.54) is 0 Å². The molecule has 19 heavy (non-hydrogen) atoms. The number of nitrogens with zero attached hydrogens (tertiary/aromatic N) is 2. The van der Waals surface area contributed by atoms with E-state index in [9.17, 15) is 0 Å². The molecule has 0 amide bonds. The molecule has 0 aliphatic heterocycles. The van der Waals surface area contributed by atoms with Crippen LogP contribution in [-0.2, 0) is 24.6 Å². The number of aryl methyl sites for hydroxylation is 2. The van der Waals surface area contributed by atoms with Gasteiger partial charge in [-0.05, 0) is 12.3 Å². The van der Waals surface area contributed by atoms with Crippen LogP contribution in [0.15, 0.2) is 0 Å². The van der Waals surface area contributed by atoms with Crippen molar-refractivity contribution in [1.29, 1.82) is 0 Å². The molecule has 5 nitrogen and oxygen atoms in total. The van der Waals surface area contributed by atoms with Crippen LogP contribution >= 0.6 is 11.6 Å². The quantitative estimate of drug-likeness (QED) is 0.592. The zero-order chi connectivity index (χ0) is 14.6. The highest BCUT2D eigenvalue weighted by Crippen LogP contribution is 2.24. The second-order valence-electron chi connectivity index (χ2n) is 5.11. The molecule has 0 radical (unpaired) electrons. The van der Waals surface area contributed by atoms with Crippen LogP contribution in [0.5, 0.6) is 0 Å². The van der Waals surface area contributed by atoms with Crippen LogP contribution in [0.3, 0.4) is 0 Å². The zero-order valence-corrected chi connectivity index (χ0v) is 13.2. The molecule has 0 fully saturated rings. The van der Waals surface area contributed by atoms with Crippen molar-refractivity contribution in [2.75, 3.05) is 7.11 Å². The Morgan fingerprint density at radius 3 is 2.47 bits per heavy atom. The zero-order valence-electron chi connectivity index (χ0n) is 12.4. The molecule has 1 aromatic heterocycles. The van der Waals surface area contributed by atoms with E-state index < -0.39 is 0 Å². The monoisotopic (exact) mass is 288 g/mol. The molecule has 2 unspecified atom stereocenters. The summed E-state index contributed by atoms with van der Waals surface area (Å²) in [5, 5.41) is 5.16. The van der Waals surface area contributed by atoms with Crippen LogP contribution in [0.1, 0.15) is 32.2 Å². The van der Waals surface area contributed by atoms with E-state index in [4.69, 9.17) is 22.2 Å². The number of hydrogen-bond acceptors (Lipinski definition) is 4. The van der Waals surface area contributed by atoms with Crippen LogP contribution < -0.4 is 11.3 Å². The smallest absolute Gasteiger partial charge is 0.0850 e. The Balaban J connectivity index is 2.95. The minimum Gasteiger partial charge on any atom is -0.380 e. The van der Waals surface area contributed by atoms with Gasteiger partial charge in [0.1, 0.15) is 0 Å². The van der Waals surface area contributed by atoms with E-state index in [0.29, 0.717) is 12.3 Å². The Morgan fingerprint density at radius 1 is 1.47 bits per heavy atom. The van der Waals surface area contributed by atoms with Gasteiger partial charge < -0.3 is 4.74 Å². The average Bonchev–Trinajstić information content (AvgIpc) is 2.64. The van der Waals surface area contributed by atoms with Gasteiger partial charge in [0.05, 0.1) is 28.6 Å². The van der Waals surface area contributed by atoms with Crippen molar-refractivity contribution >= 4 is 11.6 Å². The highest BCUT2D eigenvalue weighted by atomic mass is 35.5. The first-order valence-electron chi connectivity index (χ1n) is 6.65. The highest BCUT2D eigenvalue weighted by molar-refractivity contribution is 6.31. The van der Waals surface area contributed by atoms with Crippen LogP contribution in [-0.4, -0.2) is 29.0 Å². The largest absolute Gasteiger partial charge is 0.380 e. The predicted octanol–water partition coefficient (Wildman–Crippen LogP) is 1.68. The summed E-state index contributed by atoms with van der Waals surface area (Å²) in [5.74, 6) is 6.04. The van der Waals surface area contributed by atoms with Crippen molar-refractivity contribution in [2.24, 2.45) is 18.8 Å². The molecule has 0 aromatic carbocycles. The number of hydrazine groups is 1. The van der Waals surface area contributed by atoms with Gasteiger partial charge in [-0.25, -0.2) is 0 Å². The van der Waals surface area contributed by atoms with Crippen molar-refractivity contribution in [2.45, 2.75) is 45.8 Å². The van der Waals surface area contributed by atoms with E-state index >= 15 is 0 Å². The summed E-state index contributed by atoms with van der Waals surface area (Å²) in [6.45, 7) is 6.27. The number of aromatic nitrogens is 2. The molecule has 2 atom stereocenters. The molecule has 0 saturated heterocycles. The maximum atomic E-state index is 6.37. The van der Waals surface area contributed by atoms with Crippen LogP contribution in [0, 0.1) is 5.92 Å². The molecule has 3 N–H and O–H groups in total. The molecule has 1 rings (SSSR count). The van der Waals surface area contributed by atoms with Crippen LogP contribution in [0.4, 0.5) is 0 Å². The van der Waals surface area contributed by atoms with Gasteiger partial charge in [-0.2, -0.15) is 5.10 Å². The number of ether oxygens (including phenoxy) is 1. The first-order chi connectivity index (χ1) is 8.96. The summed E-state index contributed by atoms with van der Waals surface area (Å²) in [7, 11) is 3.61. The van der Waals surface area contributed by atoms with Gasteiger partial charge in [-0.3, -0.25) is 16.0 Å². The number of methoxy groups -OCH3 is 1. The molecular formula is C13H25ClN4O. The molecular weight excluding hydrogens is 264 g/mol. The fraction of sp³-hybridized carbons (Fsp3) is 0.769. The first-order valence-corrected chi connectivity index (χ1v) is 7.03. The normalized spacial score (nSPS) is 14.9. The summed E-state index contributed by atoms with van der Waals surface area (Å²) < 4.78 is 7.37. The number of halogens is 1. The number of hydrogen-bond donors (Lipinski definition) is 2. The fourth-order valence-corrected chi connectivity index (χ4v) is 2.79. The fourth-order valence-electron chi connectivity index (χ4n) is 2.42. The Bertz CT molecular complexity index is 406. The third-order valence-electron chi connectivity index (χ3n) is 3.46. The topological polar surface area (TPSA) is 65.1 Å². The Kier molecular flexibility index (Phi) is 6.26. The summed E-state index contributed by atoms with van der Waals surface area (Å²) in [4.78, 5) is 0. The van der Waals surface area contributed by atoms with Gasteiger partial charge in [-0.1, -0.05) is 32.4 Å². The van der Waals surface area contributed by atoms with Crippen LogP contribution in [0.25, 0.3) is 0 Å². The molecule has 0 spiro atoms. The third kappa shape index (κ3) is 3.69. The van der Waals surface area contributed by atoms with E-state index in [1.807, 2.05) is 18.7 Å². The lowest BCUT2D eigenvalue weighted by atomic mass is 9.96. The predicted molar refractivity (Wildman–Crippen MR) is 78.0 cm³/mol. The standard InChI is InChI=1S/C13H25ClN4O/c1-6-9-12(14)11(18(4)17-9)7-10(16-15)13(19-5)8(2)3/h8,10,13,16H,6-7,15H2,1-5H3. The molecule has 0 bridgehead atoms. The van der Waals surface area contributed by atoms with Crippen LogP contribution in [0.2, 0.25) is 5.02 Å². The van der Waals surface area contributed by atoms with Gasteiger partial charge in [0.15, 0.2) is 0 Å². The Morgan fingerprint density at radius 2 is 2.11 bits per heavy atom. The first kappa shape index (κ1) is 16.4. The second-order valence-corrected chi connectivity index (χ2v) is 5.48. The number of nitrogens with two attached hydrogens (primary N) is 1. The van der Waals surface area contributed by atoms with Gasteiger partial charge in [0.25, 0.3) is 0 Å². The third-order valence-corrected chi connectivity index (χ3v) is 3.89. The van der Waals surface area contributed by atoms with Crippen molar-refractivity contribution < 1.29 is 4.74 Å². The number of rotatable bonds is 7.